The Labute approximate surface area is 106 Å². The highest BCUT2D eigenvalue weighted by Crippen LogP contribution is 2.20. The average Bonchev–Trinajstić information content (AvgIpc) is 2.31. The van der Waals surface area contributed by atoms with E-state index in [-0.39, 0.29) is 17.2 Å². The molecule has 0 aliphatic rings. The molecule has 18 heavy (non-hydrogen) atoms. The van der Waals surface area contributed by atoms with Crippen LogP contribution in [0.3, 0.4) is 0 Å². The molecular formula is C12H18N2O4. The molecule has 0 fully saturated rings. The predicted octanol–water partition coefficient (Wildman–Crippen LogP) is 1.56. The quantitative estimate of drug-likeness (QED) is 0.799. The molecule has 100 valence electrons. The summed E-state index contributed by atoms with van der Waals surface area (Å²) >= 11 is 0. The molecule has 0 aromatic carbocycles. The minimum atomic E-state index is -1.11. The molecule has 0 saturated heterocycles. The molecular weight excluding hydrogens is 236 g/mol. The smallest absolute Gasteiger partial charge is 0.354 e. The number of carboxylic acids is 1. The van der Waals surface area contributed by atoms with Gasteiger partial charge in [-0.25, -0.2) is 9.78 Å². The fourth-order valence-electron chi connectivity index (χ4n) is 1.18. The van der Waals surface area contributed by atoms with Crippen molar-refractivity contribution in [3.05, 3.63) is 17.8 Å². The largest absolute Gasteiger partial charge is 0.477 e. The monoisotopic (exact) mass is 254 g/mol. The standard InChI is InChI=1S/C12H18N2O4/c1-12(2,17-3)6-7-18-10-8(13)4-5-9(14-10)11(15)16/h4-5H,6-7,13H2,1-3H3,(H,15,16). The number of nitrogen functional groups attached to an aromatic ring is 1. The molecule has 0 bridgehead atoms. The van der Waals surface area contributed by atoms with Gasteiger partial charge in [0.25, 0.3) is 0 Å². The summed E-state index contributed by atoms with van der Waals surface area (Å²) in [5, 5.41) is 8.81. The fraction of sp³-hybridized carbons (Fsp3) is 0.500. The van der Waals surface area contributed by atoms with Crippen LogP contribution in [0.25, 0.3) is 0 Å². The maximum atomic E-state index is 10.8. The third kappa shape index (κ3) is 3.89. The number of hydrogen-bond donors (Lipinski definition) is 2. The first kappa shape index (κ1) is 14.2. The van der Waals surface area contributed by atoms with Crippen LogP contribution < -0.4 is 10.5 Å². The highest BCUT2D eigenvalue weighted by Gasteiger charge is 2.17. The number of aromatic carboxylic acids is 1. The van der Waals surface area contributed by atoms with Crippen LogP contribution in [-0.2, 0) is 4.74 Å². The van der Waals surface area contributed by atoms with Gasteiger partial charge in [-0.1, -0.05) is 0 Å². The van der Waals surface area contributed by atoms with Crippen LogP contribution in [0.15, 0.2) is 12.1 Å². The summed E-state index contributed by atoms with van der Waals surface area (Å²) in [6.07, 6.45) is 0.641. The van der Waals surface area contributed by atoms with E-state index in [1.807, 2.05) is 13.8 Å². The molecule has 6 heteroatoms. The SMILES string of the molecule is COC(C)(C)CCOc1nc(C(=O)O)ccc1N. The van der Waals surface area contributed by atoms with Crippen molar-refractivity contribution in [2.24, 2.45) is 0 Å². The molecule has 6 nitrogen and oxygen atoms in total. The third-order valence-corrected chi connectivity index (χ3v) is 2.60. The van der Waals surface area contributed by atoms with Crippen LogP contribution >= 0.6 is 0 Å². The number of aromatic nitrogens is 1. The van der Waals surface area contributed by atoms with E-state index < -0.39 is 5.97 Å². The van der Waals surface area contributed by atoms with Crippen molar-refractivity contribution < 1.29 is 19.4 Å². The Balaban J connectivity index is 2.67. The number of nitrogens with two attached hydrogens (primary N) is 1. The van der Waals surface area contributed by atoms with Crippen molar-refractivity contribution in [3.8, 4) is 5.88 Å². The van der Waals surface area contributed by atoms with E-state index in [0.29, 0.717) is 18.7 Å². The molecule has 1 aromatic heterocycles. The van der Waals surface area contributed by atoms with Crippen LogP contribution in [0.4, 0.5) is 5.69 Å². The number of pyridine rings is 1. The highest BCUT2D eigenvalue weighted by molar-refractivity contribution is 5.86. The Bertz CT molecular complexity index is 432. The first-order valence-corrected chi connectivity index (χ1v) is 5.53. The number of hydrogen-bond acceptors (Lipinski definition) is 5. The molecule has 1 heterocycles. The van der Waals surface area contributed by atoms with Crippen molar-refractivity contribution in [2.45, 2.75) is 25.9 Å². The summed E-state index contributed by atoms with van der Waals surface area (Å²) in [5.41, 5.74) is 5.58. The summed E-state index contributed by atoms with van der Waals surface area (Å²) < 4.78 is 10.6. The normalized spacial score (nSPS) is 11.3. The molecule has 0 spiro atoms. The second-order valence-corrected chi connectivity index (χ2v) is 4.46. The molecule has 0 amide bonds. The number of methoxy groups -OCH3 is 1. The maximum absolute atomic E-state index is 10.8. The van der Waals surface area contributed by atoms with E-state index in [1.54, 1.807) is 7.11 Å². The topological polar surface area (TPSA) is 94.7 Å². The summed E-state index contributed by atoms with van der Waals surface area (Å²) in [7, 11) is 1.62. The Morgan fingerprint density at radius 3 is 2.72 bits per heavy atom. The van der Waals surface area contributed by atoms with Gasteiger partial charge >= 0.3 is 5.97 Å². The van der Waals surface area contributed by atoms with E-state index in [9.17, 15) is 4.79 Å². The third-order valence-electron chi connectivity index (χ3n) is 2.60. The Hall–Kier alpha value is -1.82. The number of carboxylic acid groups (broad SMARTS) is 1. The van der Waals surface area contributed by atoms with Crippen LogP contribution in [-0.4, -0.2) is 35.4 Å². The first-order valence-electron chi connectivity index (χ1n) is 5.53. The molecule has 0 radical (unpaired) electrons. The van der Waals surface area contributed by atoms with Gasteiger partial charge in [-0.15, -0.1) is 0 Å². The summed E-state index contributed by atoms with van der Waals surface area (Å²) in [6.45, 7) is 4.21. The predicted molar refractivity (Wildman–Crippen MR) is 66.8 cm³/mol. The number of nitrogens with zero attached hydrogens (tertiary/aromatic N) is 1. The molecule has 0 saturated carbocycles. The Kier molecular flexibility index (Phi) is 4.49. The van der Waals surface area contributed by atoms with E-state index in [0.717, 1.165) is 0 Å². The summed E-state index contributed by atoms with van der Waals surface area (Å²) in [6, 6.07) is 2.80. The van der Waals surface area contributed by atoms with Crippen LogP contribution in [0.5, 0.6) is 5.88 Å². The maximum Gasteiger partial charge on any atom is 0.354 e. The lowest BCUT2D eigenvalue weighted by molar-refractivity contribution is 0.00510. The zero-order chi connectivity index (χ0) is 13.8. The highest BCUT2D eigenvalue weighted by atomic mass is 16.5. The first-order chi connectivity index (χ1) is 8.35. The lowest BCUT2D eigenvalue weighted by Gasteiger charge is -2.22. The molecule has 3 N–H and O–H groups in total. The minimum Gasteiger partial charge on any atom is -0.477 e. The van der Waals surface area contributed by atoms with Crippen molar-refractivity contribution >= 4 is 11.7 Å². The Morgan fingerprint density at radius 2 is 2.17 bits per heavy atom. The van der Waals surface area contributed by atoms with Crippen LogP contribution in [0.1, 0.15) is 30.8 Å². The lowest BCUT2D eigenvalue weighted by atomic mass is 10.1. The number of carbonyl (C=O) groups is 1. The number of anilines is 1. The van der Waals surface area contributed by atoms with E-state index in [2.05, 4.69) is 4.98 Å². The van der Waals surface area contributed by atoms with Gasteiger partial charge in [-0.3, -0.25) is 0 Å². The van der Waals surface area contributed by atoms with Gasteiger partial charge in [0, 0.05) is 13.5 Å². The van der Waals surface area contributed by atoms with Gasteiger partial charge in [-0.05, 0) is 26.0 Å². The van der Waals surface area contributed by atoms with Crippen LogP contribution in [0, 0.1) is 0 Å². The van der Waals surface area contributed by atoms with Gasteiger partial charge in [0.1, 0.15) is 0 Å². The van der Waals surface area contributed by atoms with Gasteiger partial charge in [0.15, 0.2) is 5.69 Å². The van der Waals surface area contributed by atoms with Gasteiger partial charge in [0.2, 0.25) is 5.88 Å². The average molecular weight is 254 g/mol. The van der Waals surface area contributed by atoms with Gasteiger partial charge in [0.05, 0.1) is 17.9 Å². The van der Waals surface area contributed by atoms with E-state index in [4.69, 9.17) is 20.3 Å². The van der Waals surface area contributed by atoms with E-state index >= 15 is 0 Å². The van der Waals surface area contributed by atoms with Crippen molar-refractivity contribution in [1.82, 2.24) is 4.98 Å². The minimum absolute atomic E-state index is 0.0924. The van der Waals surface area contributed by atoms with Crippen molar-refractivity contribution in [1.29, 1.82) is 0 Å². The van der Waals surface area contributed by atoms with Gasteiger partial charge < -0.3 is 20.3 Å². The van der Waals surface area contributed by atoms with Crippen LogP contribution in [0.2, 0.25) is 0 Å². The zero-order valence-electron chi connectivity index (χ0n) is 10.8. The van der Waals surface area contributed by atoms with Crippen molar-refractivity contribution in [2.75, 3.05) is 19.5 Å². The Morgan fingerprint density at radius 1 is 1.50 bits per heavy atom. The molecule has 0 aliphatic carbocycles. The second kappa shape index (κ2) is 5.68. The molecule has 0 unspecified atom stereocenters. The number of ether oxygens (including phenoxy) is 2. The summed E-state index contributed by atoms with van der Waals surface area (Å²) in [5.74, 6) is -0.973. The van der Waals surface area contributed by atoms with Crippen molar-refractivity contribution in [3.63, 3.8) is 0 Å². The second-order valence-electron chi connectivity index (χ2n) is 4.46. The van der Waals surface area contributed by atoms with Gasteiger partial charge in [-0.2, -0.15) is 0 Å². The fourth-order valence-corrected chi connectivity index (χ4v) is 1.18. The molecule has 1 aromatic rings. The lowest BCUT2D eigenvalue weighted by Crippen LogP contribution is -2.25. The number of rotatable bonds is 6. The molecule has 1 rings (SSSR count). The zero-order valence-corrected chi connectivity index (χ0v) is 10.8. The molecule has 0 atom stereocenters. The molecule has 0 aliphatic heterocycles. The van der Waals surface area contributed by atoms with E-state index in [1.165, 1.54) is 12.1 Å². The summed E-state index contributed by atoms with van der Waals surface area (Å²) in [4.78, 5) is 14.6.